The van der Waals surface area contributed by atoms with Crippen LogP contribution in [0.4, 0.5) is 4.39 Å². The van der Waals surface area contributed by atoms with Crippen molar-refractivity contribution in [2.45, 2.75) is 19.4 Å². The van der Waals surface area contributed by atoms with Crippen LogP contribution in [0.3, 0.4) is 0 Å². The number of ether oxygens (including phenoxy) is 1. The molecule has 0 spiro atoms. The minimum Gasteiger partial charge on any atom is -0.488 e. The van der Waals surface area contributed by atoms with Gasteiger partial charge in [0.25, 0.3) is 5.91 Å². The second kappa shape index (κ2) is 5.79. The van der Waals surface area contributed by atoms with Crippen LogP contribution in [0.5, 0.6) is 5.75 Å². The lowest BCUT2D eigenvalue weighted by atomic mass is 10.3. The van der Waals surface area contributed by atoms with Crippen molar-refractivity contribution in [2.75, 3.05) is 13.1 Å². The van der Waals surface area contributed by atoms with Crippen molar-refractivity contribution in [2.24, 2.45) is 7.05 Å². The number of halogens is 1. The Kier molecular flexibility index (Phi) is 3.83. The molecule has 1 aromatic carbocycles. The van der Waals surface area contributed by atoms with Crippen LogP contribution in [0.15, 0.2) is 30.3 Å². The third-order valence-corrected chi connectivity index (χ3v) is 3.75. The molecule has 6 heteroatoms. The number of hydrogen-bond acceptors (Lipinski definition) is 3. The molecule has 1 unspecified atom stereocenters. The molecule has 1 amide bonds. The zero-order valence-corrected chi connectivity index (χ0v) is 12.6. The fraction of sp³-hybridized carbons (Fsp3) is 0.375. The molecule has 0 aliphatic carbocycles. The molecule has 2 aromatic rings. The highest BCUT2D eigenvalue weighted by Crippen LogP contribution is 2.20. The molecule has 2 heterocycles. The molecule has 0 bridgehead atoms. The number of carbonyl (C=O) groups excluding carboxylic acids is 1. The van der Waals surface area contributed by atoms with Crippen molar-refractivity contribution < 1.29 is 13.9 Å². The van der Waals surface area contributed by atoms with Gasteiger partial charge in [0.05, 0.1) is 12.2 Å². The van der Waals surface area contributed by atoms with Gasteiger partial charge in [-0.2, -0.15) is 5.10 Å². The fourth-order valence-electron chi connectivity index (χ4n) is 2.71. The lowest BCUT2D eigenvalue weighted by Gasteiger charge is -2.17. The molecule has 1 saturated heterocycles. The van der Waals surface area contributed by atoms with E-state index < -0.39 is 0 Å². The quantitative estimate of drug-likeness (QED) is 0.873. The molecule has 1 atom stereocenters. The first kappa shape index (κ1) is 14.6. The van der Waals surface area contributed by atoms with Gasteiger partial charge in [-0.25, -0.2) is 4.39 Å². The summed E-state index contributed by atoms with van der Waals surface area (Å²) in [6, 6.07) is 7.85. The summed E-state index contributed by atoms with van der Waals surface area (Å²) in [7, 11) is 1.76. The van der Waals surface area contributed by atoms with E-state index in [1.54, 1.807) is 34.8 Å². The minimum absolute atomic E-state index is 0.0477. The summed E-state index contributed by atoms with van der Waals surface area (Å²) in [6.45, 7) is 2.99. The average Bonchev–Trinajstić information content (AvgIpc) is 3.05. The van der Waals surface area contributed by atoms with E-state index >= 15 is 0 Å². The number of aryl methyl sites for hydroxylation is 2. The van der Waals surface area contributed by atoms with E-state index in [1.807, 2.05) is 6.92 Å². The molecule has 1 aromatic heterocycles. The maximum absolute atomic E-state index is 13.2. The number of rotatable bonds is 3. The van der Waals surface area contributed by atoms with Crippen molar-refractivity contribution in [3.05, 3.63) is 47.5 Å². The Morgan fingerprint density at radius 3 is 2.91 bits per heavy atom. The van der Waals surface area contributed by atoms with Gasteiger partial charge >= 0.3 is 0 Å². The Bertz CT molecular complexity index is 698. The maximum Gasteiger partial charge on any atom is 0.272 e. The molecular weight excluding hydrogens is 285 g/mol. The maximum atomic E-state index is 13.2. The molecule has 0 radical (unpaired) electrons. The van der Waals surface area contributed by atoms with Crippen LogP contribution in [-0.4, -0.2) is 39.8 Å². The topological polar surface area (TPSA) is 47.4 Å². The fourth-order valence-corrected chi connectivity index (χ4v) is 2.71. The highest BCUT2D eigenvalue weighted by atomic mass is 19.1. The third kappa shape index (κ3) is 2.95. The SMILES string of the molecule is Cc1cc(C(=O)N2CCC(Oc3cccc(F)c3)C2)n(C)n1. The van der Waals surface area contributed by atoms with Crippen LogP contribution in [0.1, 0.15) is 22.6 Å². The molecule has 22 heavy (non-hydrogen) atoms. The molecule has 1 aliphatic heterocycles. The highest BCUT2D eigenvalue weighted by Gasteiger charge is 2.29. The van der Waals surface area contributed by atoms with E-state index in [9.17, 15) is 9.18 Å². The monoisotopic (exact) mass is 303 g/mol. The number of carbonyl (C=O) groups is 1. The van der Waals surface area contributed by atoms with Crippen LogP contribution in [0, 0.1) is 12.7 Å². The highest BCUT2D eigenvalue weighted by molar-refractivity contribution is 5.92. The van der Waals surface area contributed by atoms with E-state index in [2.05, 4.69) is 5.10 Å². The molecule has 5 nitrogen and oxygen atoms in total. The first-order valence-electron chi connectivity index (χ1n) is 7.25. The van der Waals surface area contributed by atoms with E-state index in [0.717, 1.165) is 12.1 Å². The van der Waals surface area contributed by atoms with Crippen LogP contribution < -0.4 is 4.74 Å². The Balaban J connectivity index is 1.65. The van der Waals surface area contributed by atoms with Crippen LogP contribution >= 0.6 is 0 Å². The first-order valence-corrected chi connectivity index (χ1v) is 7.25. The van der Waals surface area contributed by atoms with Gasteiger partial charge < -0.3 is 9.64 Å². The molecule has 0 N–H and O–H groups in total. The smallest absolute Gasteiger partial charge is 0.272 e. The summed E-state index contributed by atoms with van der Waals surface area (Å²) in [5.74, 6) is 0.123. The standard InChI is InChI=1S/C16H18FN3O2/c1-11-8-15(19(2)18-11)16(21)20-7-6-14(10-20)22-13-5-3-4-12(17)9-13/h3-5,8-9,14H,6-7,10H2,1-2H3. The predicted molar refractivity (Wildman–Crippen MR) is 79.3 cm³/mol. The van der Waals surface area contributed by atoms with Gasteiger partial charge in [0.1, 0.15) is 23.4 Å². The van der Waals surface area contributed by atoms with Crippen molar-refractivity contribution in [1.82, 2.24) is 14.7 Å². The van der Waals surface area contributed by atoms with Crippen molar-refractivity contribution in [1.29, 1.82) is 0 Å². The number of benzene rings is 1. The summed E-state index contributed by atoms with van der Waals surface area (Å²) in [6.07, 6.45) is 0.624. The number of amides is 1. The second-order valence-corrected chi connectivity index (χ2v) is 5.53. The first-order chi connectivity index (χ1) is 10.5. The third-order valence-electron chi connectivity index (χ3n) is 3.75. The Morgan fingerprint density at radius 2 is 2.23 bits per heavy atom. The van der Waals surface area contributed by atoms with Crippen molar-refractivity contribution in [3.8, 4) is 5.75 Å². The van der Waals surface area contributed by atoms with Crippen LogP contribution in [-0.2, 0) is 7.05 Å². The van der Waals surface area contributed by atoms with E-state index in [4.69, 9.17) is 4.74 Å². The van der Waals surface area contributed by atoms with E-state index in [1.165, 1.54) is 12.1 Å². The van der Waals surface area contributed by atoms with E-state index in [0.29, 0.717) is 24.5 Å². The predicted octanol–water partition coefficient (Wildman–Crippen LogP) is 2.16. The lowest BCUT2D eigenvalue weighted by Crippen LogP contribution is -2.32. The number of aromatic nitrogens is 2. The Hall–Kier alpha value is -2.37. The molecule has 116 valence electrons. The number of hydrogen-bond donors (Lipinski definition) is 0. The number of nitrogens with zero attached hydrogens (tertiary/aromatic N) is 3. The molecule has 0 saturated carbocycles. The van der Waals surface area contributed by atoms with Gasteiger partial charge in [0.15, 0.2) is 0 Å². The largest absolute Gasteiger partial charge is 0.488 e. The minimum atomic E-state index is -0.325. The Morgan fingerprint density at radius 1 is 1.41 bits per heavy atom. The van der Waals surface area contributed by atoms with Crippen molar-refractivity contribution >= 4 is 5.91 Å². The van der Waals surface area contributed by atoms with Crippen molar-refractivity contribution in [3.63, 3.8) is 0 Å². The normalized spacial score (nSPS) is 17.8. The summed E-state index contributed by atoms with van der Waals surface area (Å²) < 4.78 is 20.5. The van der Waals surface area contributed by atoms with Crippen LogP contribution in [0.25, 0.3) is 0 Å². The van der Waals surface area contributed by atoms with Gasteiger partial charge in [0.2, 0.25) is 0 Å². The molecular formula is C16H18FN3O2. The summed E-state index contributed by atoms with van der Waals surface area (Å²) in [4.78, 5) is 14.2. The van der Waals surface area contributed by atoms with Crippen LogP contribution in [0.2, 0.25) is 0 Å². The zero-order chi connectivity index (χ0) is 15.7. The summed E-state index contributed by atoms with van der Waals surface area (Å²) in [5, 5.41) is 4.20. The van der Waals surface area contributed by atoms with Gasteiger partial charge in [0, 0.05) is 26.1 Å². The van der Waals surface area contributed by atoms with Gasteiger partial charge in [-0.15, -0.1) is 0 Å². The van der Waals surface area contributed by atoms with Gasteiger partial charge in [-0.3, -0.25) is 9.48 Å². The lowest BCUT2D eigenvalue weighted by molar-refractivity contribution is 0.0761. The Labute approximate surface area is 128 Å². The average molecular weight is 303 g/mol. The molecule has 1 fully saturated rings. The van der Waals surface area contributed by atoms with E-state index in [-0.39, 0.29) is 17.8 Å². The zero-order valence-electron chi connectivity index (χ0n) is 12.6. The second-order valence-electron chi connectivity index (χ2n) is 5.53. The summed E-state index contributed by atoms with van der Waals surface area (Å²) >= 11 is 0. The number of likely N-dealkylation sites (tertiary alicyclic amines) is 1. The molecule has 1 aliphatic rings. The summed E-state index contributed by atoms with van der Waals surface area (Å²) in [5.41, 5.74) is 1.39. The van der Waals surface area contributed by atoms with Gasteiger partial charge in [-0.05, 0) is 25.1 Å². The van der Waals surface area contributed by atoms with Gasteiger partial charge in [-0.1, -0.05) is 6.07 Å². The molecule has 3 rings (SSSR count).